The van der Waals surface area contributed by atoms with E-state index in [1.807, 2.05) is 45.0 Å². The molecule has 5 nitrogen and oxygen atoms in total. The maximum Gasteiger partial charge on any atom is 0.173 e. The molecule has 140 valence electrons. The summed E-state index contributed by atoms with van der Waals surface area (Å²) in [6, 6.07) is 3.85. The number of nitrogens with one attached hydrogen (secondary N) is 1. The van der Waals surface area contributed by atoms with Crippen molar-refractivity contribution >= 4 is 44.5 Å². The van der Waals surface area contributed by atoms with Gasteiger partial charge in [0, 0.05) is 19.1 Å². The van der Waals surface area contributed by atoms with Gasteiger partial charge in [-0.3, -0.25) is 0 Å². The first-order valence-electron chi connectivity index (χ1n) is 8.28. The number of hydrogen-bond donors (Lipinski definition) is 1. The average molecular weight is 404 g/mol. The zero-order valence-electron chi connectivity index (χ0n) is 15.2. The van der Waals surface area contributed by atoms with Gasteiger partial charge >= 0.3 is 0 Å². The molecule has 25 heavy (non-hydrogen) atoms. The van der Waals surface area contributed by atoms with Crippen molar-refractivity contribution < 1.29 is 8.42 Å². The summed E-state index contributed by atoms with van der Waals surface area (Å²) in [5.74, 6) is 0.381. The lowest BCUT2D eigenvalue weighted by Crippen LogP contribution is -2.46. The van der Waals surface area contributed by atoms with Crippen molar-refractivity contribution in [2.45, 2.75) is 26.3 Å². The zero-order chi connectivity index (χ0) is 18.8. The molecule has 0 bridgehead atoms. The minimum absolute atomic E-state index is 0.0884. The van der Waals surface area contributed by atoms with E-state index in [4.69, 9.17) is 23.8 Å². The van der Waals surface area contributed by atoms with Crippen LogP contribution < -0.4 is 5.32 Å². The van der Waals surface area contributed by atoms with Crippen LogP contribution >= 0.6 is 23.8 Å². The van der Waals surface area contributed by atoms with Gasteiger partial charge in [0.05, 0.1) is 22.2 Å². The van der Waals surface area contributed by atoms with Crippen molar-refractivity contribution in [2.24, 2.45) is 0 Å². The fourth-order valence-corrected chi connectivity index (χ4v) is 5.47. The second kappa shape index (κ2) is 8.20. The van der Waals surface area contributed by atoms with Crippen LogP contribution in [-0.4, -0.2) is 68.1 Å². The normalized spacial score (nSPS) is 19.2. The molecule has 1 atom stereocenters. The molecule has 1 aromatic rings. The van der Waals surface area contributed by atoms with Gasteiger partial charge in [0.25, 0.3) is 0 Å². The van der Waals surface area contributed by atoms with E-state index in [2.05, 4.69) is 10.2 Å². The summed E-state index contributed by atoms with van der Waals surface area (Å²) in [6.45, 7) is 5.43. The molecule has 1 aromatic carbocycles. The van der Waals surface area contributed by atoms with Gasteiger partial charge in [-0.15, -0.1) is 0 Å². The highest BCUT2D eigenvalue weighted by Gasteiger charge is 2.33. The van der Waals surface area contributed by atoms with Crippen LogP contribution in [0.15, 0.2) is 12.1 Å². The molecule has 0 radical (unpaired) electrons. The number of anilines is 1. The van der Waals surface area contributed by atoms with Crippen LogP contribution in [-0.2, 0) is 9.84 Å². The van der Waals surface area contributed by atoms with E-state index in [9.17, 15) is 8.42 Å². The highest BCUT2D eigenvalue weighted by Crippen LogP contribution is 2.28. The summed E-state index contributed by atoms with van der Waals surface area (Å²) in [7, 11) is 0.998. The van der Waals surface area contributed by atoms with Crippen LogP contribution in [0.2, 0.25) is 5.02 Å². The topological polar surface area (TPSA) is 52.6 Å². The third kappa shape index (κ3) is 5.54. The summed E-state index contributed by atoms with van der Waals surface area (Å²) in [5.41, 5.74) is 2.89. The summed E-state index contributed by atoms with van der Waals surface area (Å²) < 4.78 is 23.8. The Morgan fingerprint density at radius 3 is 2.52 bits per heavy atom. The van der Waals surface area contributed by atoms with Crippen LogP contribution in [0.3, 0.4) is 0 Å². The van der Waals surface area contributed by atoms with Crippen LogP contribution in [0.25, 0.3) is 0 Å². The van der Waals surface area contributed by atoms with Gasteiger partial charge in [-0.2, -0.15) is 0 Å². The van der Waals surface area contributed by atoms with E-state index in [0.717, 1.165) is 23.4 Å². The molecule has 0 spiro atoms. The van der Waals surface area contributed by atoms with Crippen LogP contribution in [0, 0.1) is 13.8 Å². The predicted octanol–water partition coefficient (Wildman–Crippen LogP) is 2.70. The van der Waals surface area contributed by atoms with Crippen molar-refractivity contribution in [1.82, 2.24) is 9.80 Å². The van der Waals surface area contributed by atoms with Crippen LogP contribution in [0.1, 0.15) is 17.5 Å². The number of benzene rings is 1. The highest BCUT2D eigenvalue weighted by atomic mass is 35.5. The number of thiocarbonyl (C=S) groups is 1. The number of sulfone groups is 1. The van der Waals surface area contributed by atoms with Crippen molar-refractivity contribution in [3.63, 3.8) is 0 Å². The summed E-state index contributed by atoms with van der Waals surface area (Å²) >= 11 is 12.0. The van der Waals surface area contributed by atoms with Crippen molar-refractivity contribution in [3.05, 3.63) is 28.3 Å². The van der Waals surface area contributed by atoms with Gasteiger partial charge < -0.3 is 15.1 Å². The quantitative estimate of drug-likeness (QED) is 0.763. The number of halogens is 1. The molecule has 8 heteroatoms. The molecule has 0 saturated carbocycles. The molecule has 1 saturated heterocycles. The zero-order valence-corrected chi connectivity index (χ0v) is 17.6. The van der Waals surface area contributed by atoms with Crippen LogP contribution in [0.5, 0.6) is 0 Å². The second-order valence-corrected chi connectivity index (χ2v) is 9.94. The Hall–Kier alpha value is -0.890. The predicted molar refractivity (Wildman–Crippen MR) is 109 cm³/mol. The van der Waals surface area contributed by atoms with E-state index in [0.29, 0.717) is 23.1 Å². The molecule has 0 aromatic heterocycles. The monoisotopic (exact) mass is 403 g/mol. The standard InChI is InChI=1S/C17H26ClN3O2S2/c1-12-9-13(2)16(15(18)10-12)19-17(24)21(7-6-20(3)4)14-5-8-25(22,23)11-14/h9-10,14H,5-8,11H2,1-4H3,(H,19,24)/t14-/m0/s1. The maximum atomic E-state index is 11.9. The second-order valence-electron chi connectivity index (χ2n) is 6.92. The first-order valence-corrected chi connectivity index (χ1v) is 10.9. The molecule has 0 amide bonds. The number of hydrogen-bond acceptors (Lipinski definition) is 4. The van der Waals surface area contributed by atoms with Gasteiger partial charge in [0.2, 0.25) is 0 Å². The first-order chi connectivity index (χ1) is 11.6. The number of rotatable bonds is 5. The Bertz CT molecular complexity index is 727. The molecule has 0 unspecified atom stereocenters. The Balaban J connectivity index is 2.20. The van der Waals surface area contributed by atoms with Crippen LogP contribution in [0.4, 0.5) is 5.69 Å². The van der Waals surface area contributed by atoms with E-state index in [-0.39, 0.29) is 17.5 Å². The minimum atomic E-state index is -2.98. The molecule has 1 heterocycles. The Kier molecular flexibility index (Phi) is 6.70. The third-order valence-electron chi connectivity index (χ3n) is 4.36. The van der Waals surface area contributed by atoms with Crippen molar-refractivity contribution in [1.29, 1.82) is 0 Å². The molecule has 1 N–H and O–H groups in total. The fraction of sp³-hybridized carbons (Fsp3) is 0.588. The SMILES string of the molecule is Cc1cc(C)c(NC(=S)N(CCN(C)C)[C@H]2CCS(=O)(=O)C2)c(Cl)c1. The molecule has 2 rings (SSSR count). The van der Waals surface area contributed by atoms with Crippen molar-refractivity contribution in [3.8, 4) is 0 Å². The highest BCUT2D eigenvalue weighted by molar-refractivity contribution is 7.91. The van der Waals surface area contributed by atoms with E-state index in [1.54, 1.807) is 0 Å². The maximum absolute atomic E-state index is 11.9. The largest absolute Gasteiger partial charge is 0.344 e. The number of nitrogens with zero attached hydrogens (tertiary/aromatic N) is 2. The van der Waals surface area contributed by atoms with Gasteiger partial charge in [0.1, 0.15) is 0 Å². The molecular formula is C17H26ClN3O2S2. The number of aryl methyl sites for hydroxylation is 2. The summed E-state index contributed by atoms with van der Waals surface area (Å²) in [4.78, 5) is 4.05. The van der Waals surface area contributed by atoms with Crippen molar-refractivity contribution in [2.75, 3.05) is 44.0 Å². The Labute approximate surface area is 161 Å². The minimum Gasteiger partial charge on any atom is -0.344 e. The Morgan fingerprint density at radius 1 is 1.32 bits per heavy atom. The van der Waals surface area contributed by atoms with Gasteiger partial charge in [0.15, 0.2) is 14.9 Å². The van der Waals surface area contributed by atoms with E-state index in [1.165, 1.54) is 0 Å². The lowest BCUT2D eigenvalue weighted by atomic mass is 10.1. The van der Waals surface area contributed by atoms with E-state index >= 15 is 0 Å². The van der Waals surface area contributed by atoms with Gasteiger partial charge in [-0.1, -0.05) is 17.7 Å². The molecule has 1 fully saturated rings. The molecule has 0 aliphatic carbocycles. The lowest BCUT2D eigenvalue weighted by Gasteiger charge is -2.32. The smallest absolute Gasteiger partial charge is 0.173 e. The first kappa shape index (κ1) is 20.4. The molecule has 1 aliphatic heterocycles. The van der Waals surface area contributed by atoms with Gasteiger partial charge in [-0.05, 0) is 63.8 Å². The Morgan fingerprint density at radius 2 is 2.00 bits per heavy atom. The van der Waals surface area contributed by atoms with E-state index < -0.39 is 9.84 Å². The summed E-state index contributed by atoms with van der Waals surface area (Å²) in [5, 5.41) is 4.39. The molecule has 1 aliphatic rings. The lowest BCUT2D eigenvalue weighted by molar-refractivity contribution is 0.289. The average Bonchev–Trinajstić information content (AvgIpc) is 2.82. The third-order valence-corrected chi connectivity index (χ3v) is 6.75. The van der Waals surface area contributed by atoms with Gasteiger partial charge in [-0.25, -0.2) is 8.42 Å². The number of likely N-dealkylation sites (N-methyl/N-ethyl adjacent to an activating group) is 1. The summed E-state index contributed by atoms with van der Waals surface area (Å²) in [6.07, 6.45) is 0.609. The molecular weight excluding hydrogens is 378 g/mol. The fourth-order valence-electron chi connectivity index (χ4n) is 3.03.